The van der Waals surface area contributed by atoms with Gasteiger partial charge >= 0.3 is 5.69 Å². The van der Waals surface area contributed by atoms with Crippen molar-refractivity contribution in [3.63, 3.8) is 0 Å². The molecule has 1 aromatic carbocycles. The fourth-order valence-electron chi connectivity index (χ4n) is 3.37. The second kappa shape index (κ2) is 9.43. The van der Waals surface area contributed by atoms with Crippen molar-refractivity contribution < 1.29 is 9.72 Å². The van der Waals surface area contributed by atoms with Crippen LogP contribution in [0.3, 0.4) is 0 Å². The molecule has 0 saturated carbocycles. The Morgan fingerprint density at radius 3 is 2.50 bits per heavy atom. The van der Waals surface area contributed by atoms with Crippen molar-refractivity contribution in [2.24, 2.45) is 0 Å². The molecule has 0 radical (unpaired) electrons. The Kier molecular flexibility index (Phi) is 6.26. The van der Waals surface area contributed by atoms with Gasteiger partial charge in [0.15, 0.2) is 0 Å². The molecule has 32 heavy (non-hydrogen) atoms. The van der Waals surface area contributed by atoms with E-state index >= 15 is 0 Å². The SMILES string of the molecule is O=C(NNc1ncnc(N2CCN(c3ccccn3)CC2)c1[N+](=O)[O-])c1cccc(Cl)c1. The Balaban J connectivity index is 1.49. The summed E-state index contributed by atoms with van der Waals surface area (Å²) in [5.41, 5.74) is 4.95. The minimum absolute atomic E-state index is 0.109. The molecule has 2 N–H and O–H groups in total. The van der Waals surface area contributed by atoms with E-state index in [4.69, 9.17) is 11.6 Å². The number of nitrogens with zero attached hydrogens (tertiary/aromatic N) is 6. The monoisotopic (exact) mass is 454 g/mol. The lowest BCUT2D eigenvalue weighted by Gasteiger charge is -2.35. The highest BCUT2D eigenvalue weighted by atomic mass is 35.5. The van der Waals surface area contributed by atoms with Gasteiger partial charge in [-0.3, -0.25) is 25.8 Å². The fourth-order valence-corrected chi connectivity index (χ4v) is 3.56. The van der Waals surface area contributed by atoms with Gasteiger partial charge in [0.1, 0.15) is 12.1 Å². The third-order valence-corrected chi connectivity index (χ3v) is 5.15. The lowest BCUT2D eigenvalue weighted by molar-refractivity contribution is -0.383. The Hall–Kier alpha value is -3.99. The van der Waals surface area contributed by atoms with Gasteiger partial charge in [0.05, 0.1) is 4.92 Å². The van der Waals surface area contributed by atoms with Gasteiger partial charge in [-0.05, 0) is 30.3 Å². The predicted octanol–water partition coefficient (Wildman–Crippen LogP) is 2.52. The lowest BCUT2D eigenvalue weighted by Crippen LogP contribution is -2.47. The van der Waals surface area contributed by atoms with Gasteiger partial charge in [-0.15, -0.1) is 0 Å². The van der Waals surface area contributed by atoms with Crippen molar-refractivity contribution in [1.82, 2.24) is 20.4 Å². The number of pyridine rings is 1. The number of carbonyl (C=O) groups excluding carboxylic acids is 1. The van der Waals surface area contributed by atoms with Crippen molar-refractivity contribution in [1.29, 1.82) is 0 Å². The number of nitrogens with one attached hydrogen (secondary N) is 2. The topological polar surface area (TPSA) is 129 Å². The zero-order chi connectivity index (χ0) is 22.5. The minimum Gasteiger partial charge on any atom is -0.353 e. The third-order valence-electron chi connectivity index (χ3n) is 4.92. The van der Waals surface area contributed by atoms with Crippen LogP contribution in [0.15, 0.2) is 55.0 Å². The first-order valence-corrected chi connectivity index (χ1v) is 10.1. The fraction of sp³-hybridized carbons (Fsp3) is 0.200. The Bertz CT molecular complexity index is 1120. The van der Waals surface area contributed by atoms with Crippen LogP contribution in [0.1, 0.15) is 10.4 Å². The normalized spacial score (nSPS) is 13.5. The number of halogens is 1. The summed E-state index contributed by atoms with van der Waals surface area (Å²) in [7, 11) is 0. The maximum absolute atomic E-state index is 12.3. The Morgan fingerprint density at radius 1 is 1.03 bits per heavy atom. The molecule has 0 bridgehead atoms. The maximum atomic E-state index is 12.3. The molecule has 1 amide bonds. The highest BCUT2D eigenvalue weighted by Crippen LogP contribution is 2.32. The highest BCUT2D eigenvalue weighted by molar-refractivity contribution is 6.30. The number of nitro groups is 1. The summed E-state index contributed by atoms with van der Waals surface area (Å²) < 4.78 is 0. The number of benzene rings is 1. The minimum atomic E-state index is -0.561. The summed E-state index contributed by atoms with van der Waals surface area (Å²) in [4.78, 5) is 40.0. The number of rotatable bonds is 6. The van der Waals surface area contributed by atoms with E-state index in [-0.39, 0.29) is 17.3 Å². The van der Waals surface area contributed by atoms with E-state index in [9.17, 15) is 14.9 Å². The molecule has 164 valence electrons. The van der Waals surface area contributed by atoms with Crippen LogP contribution in [0.4, 0.5) is 23.1 Å². The first kappa shape index (κ1) is 21.2. The number of aromatic nitrogens is 3. The number of hydrazine groups is 1. The van der Waals surface area contributed by atoms with E-state index in [2.05, 4.69) is 30.7 Å². The van der Waals surface area contributed by atoms with E-state index in [1.807, 2.05) is 23.1 Å². The summed E-state index contributed by atoms with van der Waals surface area (Å²) >= 11 is 5.91. The maximum Gasteiger partial charge on any atom is 0.355 e. The summed E-state index contributed by atoms with van der Waals surface area (Å²) in [6.45, 7) is 2.30. The molecule has 1 saturated heterocycles. The van der Waals surface area contributed by atoms with Crippen LogP contribution in [-0.4, -0.2) is 52.0 Å². The molecule has 11 nitrogen and oxygen atoms in total. The molecule has 4 rings (SSSR count). The van der Waals surface area contributed by atoms with Gasteiger partial charge in [0.2, 0.25) is 11.6 Å². The van der Waals surface area contributed by atoms with E-state index in [0.29, 0.717) is 36.8 Å². The zero-order valence-corrected chi connectivity index (χ0v) is 17.6. The quantitative estimate of drug-likeness (QED) is 0.426. The highest BCUT2D eigenvalue weighted by Gasteiger charge is 2.29. The number of piperazine rings is 1. The first-order valence-electron chi connectivity index (χ1n) is 9.75. The number of hydrogen-bond acceptors (Lipinski definition) is 9. The molecule has 0 spiro atoms. The third kappa shape index (κ3) is 4.67. The van der Waals surface area contributed by atoms with Crippen molar-refractivity contribution in [3.8, 4) is 0 Å². The van der Waals surface area contributed by atoms with E-state index in [1.165, 1.54) is 12.4 Å². The number of carbonyl (C=O) groups is 1. The molecule has 1 aliphatic heterocycles. The van der Waals surface area contributed by atoms with Crippen molar-refractivity contribution in [2.75, 3.05) is 41.4 Å². The van der Waals surface area contributed by atoms with Gasteiger partial charge < -0.3 is 9.80 Å². The largest absolute Gasteiger partial charge is 0.355 e. The molecule has 1 fully saturated rings. The van der Waals surface area contributed by atoms with E-state index in [1.54, 1.807) is 24.4 Å². The van der Waals surface area contributed by atoms with Crippen LogP contribution in [0.5, 0.6) is 0 Å². The van der Waals surface area contributed by atoms with Gasteiger partial charge in [0, 0.05) is 43.0 Å². The summed E-state index contributed by atoms with van der Waals surface area (Å²) in [6, 6.07) is 12.0. The van der Waals surface area contributed by atoms with Crippen LogP contribution in [-0.2, 0) is 0 Å². The van der Waals surface area contributed by atoms with Gasteiger partial charge in [-0.1, -0.05) is 23.7 Å². The van der Waals surface area contributed by atoms with Crippen molar-refractivity contribution >= 4 is 40.6 Å². The molecule has 0 unspecified atom stereocenters. The standard InChI is InChI=1S/C20H19ClN8O3/c21-15-5-3-4-14(12-15)20(30)26-25-18-17(29(31)32)19(24-13-23-18)28-10-8-27(9-11-28)16-6-1-2-7-22-16/h1-7,12-13H,8-11H2,(H,26,30)(H,23,24,25). The van der Waals surface area contributed by atoms with Gasteiger partial charge in [-0.2, -0.15) is 0 Å². The van der Waals surface area contributed by atoms with Crippen molar-refractivity contribution in [3.05, 3.63) is 75.7 Å². The summed E-state index contributed by atoms with van der Waals surface area (Å²) in [5, 5.41) is 12.2. The Morgan fingerprint density at radius 2 is 1.81 bits per heavy atom. The molecular formula is C20H19ClN8O3. The van der Waals surface area contributed by atoms with Crippen LogP contribution in [0.2, 0.25) is 5.02 Å². The molecule has 0 atom stereocenters. The molecule has 3 heterocycles. The van der Waals surface area contributed by atoms with Crippen molar-refractivity contribution in [2.45, 2.75) is 0 Å². The smallest absolute Gasteiger partial charge is 0.353 e. The Labute approximate surface area is 188 Å². The molecular weight excluding hydrogens is 436 g/mol. The van der Waals surface area contributed by atoms with Crippen LogP contribution in [0, 0.1) is 10.1 Å². The average Bonchev–Trinajstić information content (AvgIpc) is 2.83. The molecule has 3 aromatic rings. The number of amides is 1. The van der Waals surface area contributed by atoms with Gasteiger partial charge in [0.25, 0.3) is 5.91 Å². The van der Waals surface area contributed by atoms with Gasteiger partial charge in [-0.25, -0.2) is 15.0 Å². The average molecular weight is 455 g/mol. The lowest BCUT2D eigenvalue weighted by atomic mass is 10.2. The molecule has 2 aromatic heterocycles. The predicted molar refractivity (Wildman–Crippen MR) is 120 cm³/mol. The second-order valence-electron chi connectivity index (χ2n) is 6.90. The number of anilines is 3. The zero-order valence-electron chi connectivity index (χ0n) is 16.8. The molecule has 0 aliphatic carbocycles. The number of hydrogen-bond donors (Lipinski definition) is 2. The molecule has 1 aliphatic rings. The summed E-state index contributed by atoms with van der Waals surface area (Å²) in [5.74, 6) is 0.425. The summed E-state index contributed by atoms with van der Waals surface area (Å²) in [6.07, 6.45) is 2.95. The molecule has 12 heteroatoms. The van der Waals surface area contributed by atoms with Crippen LogP contribution < -0.4 is 20.7 Å². The van der Waals surface area contributed by atoms with Crippen LogP contribution >= 0.6 is 11.6 Å². The van der Waals surface area contributed by atoms with E-state index in [0.717, 1.165) is 5.82 Å². The first-order chi connectivity index (χ1) is 15.5. The van der Waals surface area contributed by atoms with Crippen LogP contribution in [0.25, 0.3) is 0 Å². The van der Waals surface area contributed by atoms with E-state index < -0.39 is 10.8 Å². The second-order valence-corrected chi connectivity index (χ2v) is 7.34.